The molecule has 0 radical (unpaired) electrons. The van der Waals surface area contributed by atoms with Gasteiger partial charge in [0.05, 0.1) is 12.0 Å². The SMILES string of the molecule is Cc1nn(CCC(=O)N2CCC(C(=O)O)(n3ccnc3)CC2)c(C)c1C. The Bertz CT molecular complexity index is 801. The van der Waals surface area contributed by atoms with E-state index in [-0.39, 0.29) is 5.91 Å². The molecule has 1 fully saturated rings. The first kappa shape index (κ1) is 18.2. The minimum atomic E-state index is -1.01. The predicted molar refractivity (Wildman–Crippen MR) is 94.7 cm³/mol. The van der Waals surface area contributed by atoms with Crippen molar-refractivity contribution in [2.75, 3.05) is 13.1 Å². The molecule has 1 amide bonds. The molecular weight excluding hydrogens is 334 g/mol. The molecule has 1 aliphatic rings. The molecule has 0 unspecified atom stereocenters. The third-order valence-corrected chi connectivity index (χ3v) is 5.62. The van der Waals surface area contributed by atoms with Crippen molar-refractivity contribution in [3.05, 3.63) is 35.7 Å². The van der Waals surface area contributed by atoms with Crippen molar-refractivity contribution < 1.29 is 14.7 Å². The van der Waals surface area contributed by atoms with E-state index in [2.05, 4.69) is 10.1 Å². The highest BCUT2D eigenvalue weighted by Crippen LogP contribution is 2.30. The Balaban J connectivity index is 1.61. The minimum Gasteiger partial charge on any atom is -0.479 e. The highest BCUT2D eigenvalue weighted by atomic mass is 16.4. The maximum absolute atomic E-state index is 12.6. The van der Waals surface area contributed by atoms with E-state index in [4.69, 9.17) is 0 Å². The lowest BCUT2D eigenvalue weighted by Crippen LogP contribution is -2.52. The van der Waals surface area contributed by atoms with Crippen LogP contribution in [-0.2, 0) is 21.7 Å². The second-order valence-electron chi connectivity index (χ2n) is 6.96. The van der Waals surface area contributed by atoms with Gasteiger partial charge in [0.25, 0.3) is 0 Å². The number of nitrogens with zero attached hydrogens (tertiary/aromatic N) is 5. The molecule has 140 valence electrons. The molecule has 2 aromatic rings. The van der Waals surface area contributed by atoms with E-state index in [1.54, 1.807) is 21.9 Å². The van der Waals surface area contributed by atoms with Gasteiger partial charge in [-0.25, -0.2) is 9.78 Å². The van der Waals surface area contributed by atoms with Gasteiger partial charge in [0.15, 0.2) is 0 Å². The van der Waals surface area contributed by atoms with Gasteiger partial charge in [0.2, 0.25) is 5.91 Å². The monoisotopic (exact) mass is 359 g/mol. The Labute approximate surface area is 152 Å². The normalized spacial score (nSPS) is 16.7. The number of piperidine rings is 1. The molecule has 0 spiro atoms. The van der Waals surface area contributed by atoms with E-state index in [1.807, 2.05) is 25.5 Å². The number of aromatic nitrogens is 4. The number of likely N-dealkylation sites (tertiary alicyclic amines) is 1. The summed E-state index contributed by atoms with van der Waals surface area (Å²) < 4.78 is 3.52. The molecule has 0 saturated carbocycles. The van der Waals surface area contributed by atoms with Crippen LogP contribution in [0.2, 0.25) is 0 Å². The van der Waals surface area contributed by atoms with Crippen LogP contribution < -0.4 is 0 Å². The zero-order valence-corrected chi connectivity index (χ0v) is 15.5. The van der Waals surface area contributed by atoms with Crippen molar-refractivity contribution in [3.63, 3.8) is 0 Å². The van der Waals surface area contributed by atoms with Gasteiger partial charge in [0, 0.05) is 44.1 Å². The van der Waals surface area contributed by atoms with E-state index in [9.17, 15) is 14.7 Å². The molecule has 26 heavy (non-hydrogen) atoms. The van der Waals surface area contributed by atoms with Crippen molar-refractivity contribution in [3.8, 4) is 0 Å². The van der Waals surface area contributed by atoms with Gasteiger partial charge in [-0.2, -0.15) is 5.10 Å². The summed E-state index contributed by atoms with van der Waals surface area (Å²) in [7, 11) is 0. The number of aliphatic carboxylic acids is 1. The highest BCUT2D eigenvalue weighted by molar-refractivity contribution is 5.79. The molecule has 3 rings (SSSR count). The van der Waals surface area contributed by atoms with Crippen molar-refractivity contribution in [2.45, 2.75) is 52.1 Å². The Hall–Kier alpha value is -2.64. The lowest BCUT2D eigenvalue weighted by atomic mass is 9.87. The fourth-order valence-corrected chi connectivity index (χ4v) is 3.58. The topological polar surface area (TPSA) is 93.3 Å². The van der Waals surface area contributed by atoms with Gasteiger partial charge in [-0.3, -0.25) is 9.48 Å². The maximum Gasteiger partial charge on any atom is 0.330 e. The van der Waals surface area contributed by atoms with Crippen molar-refractivity contribution >= 4 is 11.9 Å². The molecule has 0 aromatic carbocycles. The van der Waals surface area contributed by atoms with E-state index in [1.165, 1.54) is 6.33 Å². The van der Waals surface area contributed by atoms with Crippen LogP contribution in [0.1, 0.15) is 36.2 Å². The largest absolute Gasteiger partial charge is 0.479 e. The van der Waals surface area contributed by atoms with Crippen molar-refractivity contribution in [1.29, 1.82) is 0 Å². The summed E-state index contributed by atoms with van der Waals surface area (Å²) in [6, 6.07) is 0. The Morgan fingerprint density at radius 2 is 1.92 bits per heavy atom. The van der Waals surface area contributed by atoms with E-state index in [0.717, 1.165) is 17.0 Å². The molecule has 8 heteroatoms. The molecule has 0 aliphatic carbocycles. The number of imidazole rings is 1. The molecular formula is C18H25N5O3. The quantitative estimate of drug-likeness (QED) is 0.873. The minimum absolute atomic E-state index is 0.0415. The summed E-state index contributed by atoms with van der Waals surface area (Å²) in [5.41, 5.74) is 2.21. The van der Waals surface area contributed by atoms with Crippen molar-refractivity contribution in [2.24, 2.45) is 0 Å². The fourth-order valence-electron chi connectivity index (χ4n) is 3.58. The number of rotatable bonds is 5. The number of hydrogen-bond donors (Lipinski definition) is 1. The molecule has 0 bridgehead atoms. The Kier molecular flexibility index (Phi) is 4.84. The van der Waals surface area contributed by atoms with Gasteiger partial charge in [-0.15, -0.1) is 0 Å². The van der Waals surface area contributed by atoms with Crippen LogP contribution in [0.4, 0.5) is 0 Å². The second kappa shape index (κ2) is 6.93. The smallest absolute Gasteiger partial charge is 0.330 e. The average molecular weight is 359 g/mol. The fraction of sp³-hybridized carbons (Fsp3) is 0.556. The maximum atomic E-state index is 12.6. The van der Waals surface area contributed by atoms with Crippen molar-refractivity contribution in [1.82, 2.24) is 24.2 Å². The number of carboxylic acids is 1. The third kappa shape index (κ3) is 3.11. The number of aryl methyl sites for hydroxylation is 2. The zero-order valence-electron chi connectivity index (χ0n) is 15.5. The van der Waals surface area contributed by atoms with Crippen LogP contribution in [0.15, 0.2) is 18.7 Å². The number of hydrogen-bond acceptors (Lipinski definition) is 4. The number of amides is 1. The first-order valence-corrected chi connectivity index (χ1v) is 8.85. The summed E-state index contributed by atoms with van der Waals surface area (Å²) in [5.74, 6) is -0.833. The van der Waals surface area contributed by atoms with E-state index >= 15 is 0 Å². The molecule has 2 aromatic heterocycles. The summed E-state index contributed by atoms with van der Waals surface area (Å²) in [6.45, 7) is 7.41. The van der Waals surface area contributed by atoms with Crippen LogP contribution >= 0.6 is 0 Å². The van der Waals surface area contributed by atoms with E-state index < -0.39 is 11.5 Å². The molecule has 8 nitrogen and oxygen atoms in total. The number of carbonyl (C=O) groups excluding carboxylic acids is 1. The van der Waals surface area contributed by atoms with Crippen LogP contribution in [0.25, 0.3) is 0 Å². The van der Waals surface area contributed by atoms with Gasteiger partial charge >= 0.3 is 5.97 Å². The molecule has 0 atom stereocenters. The lowest BCUT2D eigenvalue weighted by Gasteiger charge is -2.39. The van der Waals surface area contributed by atoms with Gasteiger partial charge in [-0.05, 0) is 39.2 Å². The second-order valence-corrected chi connectivity index (χ2v) is 6.96. The molecule has 1 N–H and O–H groups in total. The first-order valence-electron chi connectivity index (χ1n) is 8.85. The number of carboxylic acid groups (broad SMARTS) is 1. The summed E-state index contributed by atoms with van der Waals surface area (Å²) in [4.78, 5) is 30.2. The van der Waals surface area contributed by atoms with Gasteiger partial charge < -0.3 is 14.6 Å². The average Bonchev–Trinajstić information content (AvgIpc) is 3.25. The first-order chi connectivity index (χ1) is 12.3. The van der Waals surface area contributed by atoms with Crippen LogP contribution in [0, 0.1) is 20.8 Å². The Morgan fingerprint density at radius 3 is 2.42 bits per heavy atom. The highest BCUT2D eigenvalue weighted by Gasteiger charge is 2.43. The zero-order chi connectivity index (χ0) is 18.9. The van der Waals surface area contributed by atoms with E-state index in [0.29, 0.717) is 38.9 Å². The molecule has 1 saturated heterocycles. The summed E-state index contributed by atoms with van der Waals surface area (Å²) in [5, 5.41) is 14.2. The van der Waals surface area contributed by atoms with Crippen LogP contribution in [-0.4, -0.2) is 54.3 Å². The molecule has 3 heterocycles. The lowest BCUT2D eigenvalue weighted by molar-refractivity contribution is -0.152. The predicted octanol–water partition coefficient (Wildman–Crippen LogP) is 1.50. The molecule has 1 aliphatic heterocycles. The van der Waals surface area contributed by atoms with Crippen LogP contribution in [0.5, 0.6) is 0 Å². The van der Waals surface area contributed by atoms with Gasteiger partial charge in [0.1, 0.15) is 5.54 Å². The third-order valence-electron chi connectivity index (χ3n) is 5.62. The summed E-state index contributed by atoms with van der Waals surface area (Å²) >= 11 is 0. The standard InChI is InChI=1S/C18H25N5O3/c1-13-14(2)20-23(15(13)3)8-4-16(24)21-9-5-18(6-10-21,17(25)26)22-11-7-19-12-22/h7,11-12H,4-6,8-10H2,1-3H3,(H,25,26). The summed E-state index contributed by atoms with van der Waals surface area (Å²) in [6.07, 6.45) is 5.92. The van der Waals surface area contributed by atoms with Gasteiger partial charge in [-0.1, -0.05) is 0 Å². The Morgan fingerprint density at radius 1 is 1.23 bits per heavy atom. The van der Waals surface area contributed by atoms with Crippen LogP contribution in [0.3, 0.4) is 0 Å². The number of carbonyl (C=O) groups is 2.